The molecule has 0 saturated carbocycles. The predicted octanol–water partition coefficient (Wildman–Crippen LogP) is 8.71. The van der Waals surface area contributed by atoms with Gasteiger partial charge in [-0.3, -0.25) is 0 Å². The molecule has 0 fully saturated rings. The van der Waals surface area contributed by atoms with E-state index in [1.54, 1.807) is 0 Å². The zero-order valence-corrected chi connectivity index (χ0v) is 22.9. The van der Waals surface area contributed by atoms with Crippen molar-refractivity contribution in [3.05, 3.63) is 88.0 Å². The first-order valence-corrected chi connectivity index (χ1v) is 14.4. The van der Waals surface area contributed by atoms with Crippen molar-refractivity contribution in [1.29, 1.82) is 0 Å². The minimum absolute atomic E-state index is 0.597. The monoisotopic (exact) mass is 494 g/mol. The molecular weight excluding hydrogens is 455 g/mol. The number of phosphoric ester groups is 1. The fourth-order valence-electron chi connectivity index (χ4n) is 4.33. The summed E-state index contributed by atoms with van der Waals surface area (Å²) in [7, 11) is -4.13. The van der Waals surface area contributed by atoms with Crippen molar-refractivity contribution >= 4 is 7.82 Å². The molecule has 0 aliphatic rings. The van der Waals surface area contributed by atoms with E-state index in [9.17, 15) is 4.57 Å². The van der Waals surface area contributed by atoms with Crippen LogP contribution in [0.2, 0.25) is 0 Å². The molecule has 35 heavy (non-hydrogen) atoms. The lowest BCUT2D eigenvalue weighted by Gasteiger charge is -2.25. The van der Waals surface area contributed by atoms with E-state index in [0.717, 1.165) is 71.9 Å². The molecule has 0 aliphatic heterocycles. The molecule has 0 bridgehead atoms. The molecule has 0 radical (unpaired) electrons. The van der Waals surface area contributed by atoms with Gasteiger partial charge in [0, 0.05) is 0 Å². The molecule has 0 spiro atoms. The molecule has 0 amide bonds. The molecule has 5 heteroatoms. The van der Waals surface area contributed by atoms with Gasteiger partial charge in [-0.25, -0.2) is 0 Å². The summed E-state index contributed by atoms with van der Waals surface area (Å²) in [6, 6.07) is 18.1. The molecule has 0 N–H and O–H groups in total. The highest BCUT2D eigenvalue weighted by atomic mass is 31.2. The van der Waals surface area contributed by atoms with Crippen LogP contribution < -0.4 is 13.6 Å². The molecule has 188 valence electrons. The van der Waals surface area contributed by atoms with E-state index in [4.69, 9.17) is 13.6 Å². The van der Waals surface area contributed by atoms with E-state index in [2.05, 4.69) is 41.5 Å². The van der Waals surface area contributed by atoms with Crippen molar-refractivity contribution in [1.82, 2.24) is 0 Å². The fraction of sp³-hybridized carbons (Fsp3) is 0.400. The number of phosphoric acid groups is 1. The number of hydrogen-bond donors (Lipinski definition) is 0. The van der Waals surface area contributed by atoms with Gasteiger partial charge in [0.2, 0.25) is 0 Å². The van der Waals surface area contributed by atoms with Gasteiger partial charge in [-0.2, -0.15) is 4.57 Å². The van der Waals surface area contributed by atoms with Crippen LogP contribution >= 0.6 is 7.82 Å². The summed E-state index contributed by atoms with van der Waals surface area (Å²) in [6.07, 6.45) is 4.50. The first-order chi connectivity index (χ1) is 16.9. The second-order valence-corrected chi connectivity index (χ2v) is 10.0. The Bertz CT molecular complexity index is 972. The Kier molecular flexibility index (Phi) is 9.46. The number of aryl methyl sites for hydroxylation is 6. The van der Waals surface area contributed by atoms with Gasteiger partial charge in [0.15, 0.2) is 0 Å². The van der Waals surface area contributed by atoms with Gasteiger partial charge in [0.25, 0.3) is 0 Å². The van der Waals surface area contributed by atoms with Crippen LogP contribution in [0.3, 0.4) is 0 Å². The molecule has 4 nitrogen and oxygen atoms in total. The quantitative estimate of drug-likeness (QED) is 0.236. The van der Waals surface area contributed by atoms with Crippen molar-refractivity contribution < 1.29 is 18.1 Å². The largest absolute Gasteiger partial charge is 0.647 e. The van der Waals surface area contributed by atoms with E-state index in [1.807, 2.05) is 54.6 Å². The number of rotatable bonds is 12. The lowest BCUT2D eigenvalue weighted by Crippen LogP contribution is -2.13. The zero-order valence-electron chi connectivity index (χ0n) is 22.0. The first-order valence-electron chi connectivity index (χ1n) is 12.9. The van der Waals surface area contributed by atoms with Crippen molar-refractivity contribution in [2.45, 2.75) is 80.1 Å². The van der Waals surface area contributed by atoms with E-state index >= 15 is 0 Å². The number of para-hydroxylation sites is 3. The standard InChI is InChI=1S/C30H39O4P/c1-7-22-16-13-17-23(8-2)28(22)32-35(31,33-29-24(9-3)18-14-19-25(29)10-4)34-30-26(11-5)20-15-21-27(30)12-6/h13-21H,7-12H2,1-6H3. The Morgan fingerprint density at radius 1 is 0.457 bits per heavy atom. The Labute approximate surface area is 211 Å². The number of hydrogen-bond acceptors (Lipinski definition) is 4. The van der Waals surface area contributed by atoms with Crippen LogP contribution in [0.15, 0.2) is 54.6 Å². The Balaban J connectivity index is 2.19. The Morgan fingerprint density at radius 3 is 0.829 bits per heavy atom. The molecule has 0 aromatic heterocycles. The second kappa shape index (κ2) is 12.3. The highest BCUT2D eigenvalue weighted by molar-refractivity contribution is 7.49. The SMILES string of the molecule is CCc1cccc(CC)c1OP(=O)(Oc1c(CC)cccc1CC)Oc1c(CC)cccc1CC. The van der Waals surface area contributed by atoms with Gasteiger partial charge in [0.1, 0.15) is 17.2 Å². The van der Waals surface area contributed by atoms with Gasteiger partial charge in [-0.15, -0.1) is 0 Å². The fourth-order valence-corrected chi connectivity index (χ4v) is 5.81. The number of benzene rings is 3. The van der Waals surface area contributed by atoms with Crippen molar-refractivity contribution in [2.75, 3.05) is 0 Å². The maximum Gasteiger partial charge on any atom is 0.647 e. The van der Waals surface area contributed by atoms with Crippen LogP contribution in [0.5, 0.6) is 17.2 Å². The van der Waals surface area contributed by atoms with Crippen LogP contribution in [0.4, 0.5) is 0 Å². The Hall–Kier alpha value is -2.71. The summed E-state index contributed by atoms with van der Waals surface area (Å²) in [4.78, 5) is 0. The summed E-state index contributed by atoms with van der Waals surface area (Å²) >= 11 is 0. The van der Waals surface area contributed by atoms with Crippen LogP contribution in [0.25, 0.3) is 0 Å². The molecule has 3 rings (SSSR count). The molecule has 3 aromatic rings. The van der Waals surface area contributed by atoms with Gasteiger partial charge in [-0.1, -0.05) is 96.1 Å². The van der Waals surface area contributed by atoms with Crippen LogP contribution in [-0.2, 0) is 43.1 Å². The zero-order chi connectivity index (χ0) is 25.4. The van der Waals surface area contributed by atoms with Gasteiger partial charge < -0.3 is 13.6 Å². The van der Waals surface area contributed by atoms with Crippen LogP contribution in [0.1, 0.15) is 74.9 Å². The molecule has 0 heterocycles. The minimum atomic E-state index is -4.13. The molecule has 0 aliphatic carbocycles. The van der Waals surface area contributed by atoms with Gasteiger partial charge in [0.05, 0.1) is 0 Å². The van der Waals surface area contributed by atoms with Crippen LogP contribution in [-0.4, -0.2) is 0 Å². The van der Waals surface area contributed by atoms with E-state index in [1.165, 1.54) is 0 Å². The Morgan fingerprint density at radius 2 is 0.657 bits per heavy atom. The third-order valence-electron chi connectivity index (χ3n) is 6.43. The van der Waals surface area contributed by atoms with Gasteiger partial charge >= 0.3 is 7.82 Å². The van der Waals surface area contributed by atoms with E-state index < -0.39 is 7.82 Å². The van der Waals surface area contributed by atoms with Gasteiger partial charge in [-0.05, 0) is 71.9 Å². The third-order valence-corrected chi connectivity index (χ3v) is 7.65. The normalized spacial score (nSPS) is 11.4. The van der Waals surface area contributed by atoms with Crippen molar-refractivity contribution in [2.24, 2.45) is 0 Å². The maximum absolute atomic E-state index is 14.7. The molecule has 0 saturated heterocycles. The van der Waals surface area contributed by atoms with E-state index in [-0.39, 0.29) is 0 Å². The third kappa shape index (κ3) is 6.11. The lowest BCUT2D eigenvalue weighted by molar-refractivity contribution is 0.292. The summed E-state index contributed by atoms with van der Waals surface area (Å²) in [5.41, 5.74) is 5.89. The lowest BCUT2D eigenvalue weighted by atomic mass is 10.1. The highest BCUT2D eigenvalue weighted by Crippen LogP contribution is 2.54. The predicted molar refractivity (Wildman–Crippen MR) is 145 cm³/mol. The summed E-state index contributed by atoms with van der Waals surface area (Å²) in [5, 5.41) is 0. The van der Waals surface area contributed by atoms with Crippen molar-refractivity contribution in [3.63, 3.8) is 0 Å². The smallest absolute Gasteiger partial charge is 0.385 e. The molecule has 0 unspecified atom stereocenters. The van der Waals surface area contributed by atoms with Crippen molar-refractivity contribution in [3.8, 4) is 17.2 Å². The molecule has 3 aromatic carbocycles. The maximum atomic E-state index is 14.7. The molecule has 0 atom stereocenters. The summed E-state index contributed by atoms with van der Waals surface area (Å²) in [5.74, 6) is 1.79. The topological polar surface area (TPSA) is 44.8 Å². The van der Waals surface area contributed by atoms with Crippen LogP contribution in [0, 0.1) is 0 Å². The summed E-state index contributed by atoms with van der Waals surface area (Å²) < 4.78 is 33.8. The summed E-state index contributed by atoms with van der Waals surface area (Å²) in [6.45, 7) is 12.4. The second-order valence-electron chi connectivity index (χ2n) is 8.56. The highest BCUT2D eigenvalue weighted by Gasteiger charge is 2.37. The molecular formula is C30H39O4P. The average molecular weight is 495 g/mol. The minimum Gasteiger partial charge on any atom is -0.385 e. The first kappa shape index (κ1) is 26.9. The van der Waals surface area contributed by atoms with E-state index in [0.29, 0.717) is 17.2 Å². The average Bonchev–Trinajstić information content (AvgIpc) is 2.88.